The summed E-state index contributed by atoms with van der Waals surface area (Å²) in [6.45, 7) is 5.89. The Kier molecular flexibility index (Phi) is 4.84. The Bertz CT molecular complexity index is 233. The molecular formula is C9H17N3. The van der Waals surface area contributed by atoms with Crippen molar-refractivity contribution in [3.05, 3.63) is 17.8 Å². The molecule has 0 aromatic carbocycles. The predicted molar refractivity (Wildman–Crippen MR) is 54.3 cm³/mol. The number of aryl methyl sites for hydroxylation is 1. The van der Waals surface area contributed by atoms with Crippen LogP contribution in [0.3, 0.4) is 0 Å². The molecule has 68 valence electrons. The third-order valence-corrected chi connectivity index (χ3v) is 1.38. The molecule has 0 saturated carbocycles. The molecule has 0 spiro atoms. The maximum absolute atomic E-state index is 5.55. The molecule has 0 aliphatic rings. The van der Waals surface area contributed by atoms with Crippen LogP contribution in [-0.2, 0) is 0 Å². The Balaban J connectivity index is 0.000000561. The number of rotatable bonds is 1. The predicted octanol–water partition coefficient (Wildman–Crippen LogP) is 2.04. The van der Waals surface area contributed by atoms with Crippen molar-refractivity contribution < 1.29 is 0 Å². The summed E-state index contributed by atoms with van der Waals surface area (Å²) in [5.74, 6) is 0.853. The molecular weight excluding hydrogens is 150 g/mol. The van der Waals surface area contributed by atoms with E-state index < -0.39 is 0 Å². The van der Waals surface area contributed by atoms with Gasteiger partial charge in [-0.2, -0.15) is 0 Å². The largest absolute Gasteiger partial charge is 0.397 e. The van der Waals surface area contributed by atoms with Gasteiger partial charge in [-0.1, -0.05) is 13.8 Å². The molecule has 0 fully saturated rings. The van der Waals surface area contributed by atoms with Gasteiger partial charge < -0.3 is 11.1 Å². The fourth-order valence-electron chi connectivity index (χ4n) is 0.711. The lowest BCUT2D eigenvalue weighted by Crippen LogP contribution is -1.97. The number of nitrogen functional groups attached to an aromatic ring is 1. The Hall–Kier alpha value is -1.25. The maximum atomic E-state index is 5.55. The van der Waals surface area contributed by atoms with Crippen LogP contribution in [0.25, 0.3) is 0 Å². The van der Waals surface area contributed by atoms with Gasteiger partial charge in [-0.15, -0.1) is 0 Å². The van der Waals surface area contributed by atoms with Crippen molar-refractivity contribution in [2.75, 3.05) is 18.1 Å². The molecule has 0 aliphatic heterocycles. The van der Waals surface area contributed by atoms with Crippen LogP contribution in [0.15, 0.2) is 12.1 Å². The highest BCUT2D eigenvalue weighted by molar-refractivity contribution is 5.48. The number of nitrogens with one attached hydrogen (secondary N) is 1. The summed E-state index contributed by atoms with van der Waals surface area (Å²) >= 11 is 0. The van der Waals surface area contributed by atoms with Crippen LogP contribution in [-0.4, -0.2) is 12.0 Å². The van der Waals surface area contributed by atoms with Crippen LogP contribution < -0.4 is 11.1 Å². The molecule has 0 atom stereocenters. The fourth-order valence-corrected chi connectivity index (χ4v) is 0.711. The average molecular weight is 167 g/mol. The lowest BCUT2D eigenvalue weighted by Gasteiger charge is -2.01. The van der Waals surface area contributed by atoms with Crippen molar-refractivity contribution >= 4 is 11.5 Å². The summed E-state index contributed by atoms with van der Waals surface area (Å²) in [5.41, 5.74) is 7.16. The SMILES string of the molecule is CC.CNc1ccc(N)c(C)n1. The van der Waals surface area contributed by atoms with Crippen LogP contribution >= 0.6 is 0 Å². The quantitative estimate of drug-likeness (QED) is 0.673. The number of aromatic nitrogens is 1. The summed E-state index contributed by atoms with van der Waals surface area (Å²) in [6, 6.07) is 3.69. The molecule has 1 heterocycles. The van der Waals surface area contributed by atoms with E-state index in [-0.39, 0.29) is 0 Å². The summed E-state index contributed by atoms with van der Waals surface area (Å²) in [6.07, 6.45) is 0. The lowest BCUT2D eigenvalue weighted by atomic mass is 10.3. The highest BCUT2D eigenvalue weighted by Crippen LogP contribution is 2.10. The van der Waals surface area contributed by atoms with E-state index >= 15 is 0 Å². The van der Waals surface area contributed by atoms with Crippen molar-refractivity contribution in [2.45, 2.75) is 20.8 Å². The third-order valence-electron chi connectivity index (χ3n) is 1.38. The molecule has 1 aromatic heterocycles. The van der Waals surface area contributed by atoms with Crippen LogP contribution in [0.2, 0.25) is 0 Å². The highest BCUT2D eigenvalue weighted by Gasteiger charge is 1.94. The summed E-state index contributed by atoms with van der Waals surface area (Å²) in [5, 5.41) is 2.93. The van der Waals surface area contributed by atoms with Crippen LogP contribution in [0.5, 0.6) is 0 Å². The van der Waals surface area contributed by atoms with Crippen molar-refractivity contribution in [1.29, 1.82) is 0 Å². The molecule has 3 heteroatoms. The van der Waals surface area contributed by atoms with Crippen molar-refractivity contribution in [3.8, 4) is 0 Å². The fraction of sp³-hybridized carbons (Fsp3) is 0.444. The zero-order chi connectivity index (χ0) is 9.56. The number of anilines is 2. The number of nitrogens with zero attached hydrogens (tertiary/aromatic N) is 1. The average Bonchev–Trinajstić information content (AvgIpc) is 2.13. The molecule has 12 heavy (non-hydrogen) atoms. The van der Waals surface area contributed by atoms with Crippen LogP contribution in [0, 0.1) is 6.92 Å². The Morgan fingerprint density at radius 1 is 1.33 bits per heavy atom. The van der Waals surface area contributed by atoms with Gasteiger partial charge in [0.15, 0.2) is 0 Å². The van der Waals surface area contributed by atoms with E-state index in [9.17, 15) is 0 Å². The van der Waals surface area contributed by atoms with Gasteiger partial charge in [0.1, 0.15) is 5.82 Å². The number of pyridine rings is 1. The second-order valence-electron chi connectivity index (χ2n) is 2.12. The molecule has 0 aliphatic carbocycles. The summed E-state index contributed by atoms with van der Waals surface area (Å²) in [7, 11) is 1.83. The van der Waals surface area contributed by atoms with Crippen molar-refractivity contribution in [1.82, 2.24) is 4.98 Å². The van der Waals surface area contributed by atoms with E-state index in [1.54, 1.807) is 0 Å². The Labute approximate surface area is 74.0 Å². The van der Waals surface area contributed by atoms with Gasteiger partial charge in [-0.05, 0) is 19.1 Å². The minimum absolute atomic E-state index is 0.735. The zero-order valence-corrected chi connectivity index (χ0v) is 8.18. The summed E-state index contributed by atoms with van der Waals surface area (Å²) in [4.78, 5) is 4.16. The second kappa shape index (κ2) is 5.41. The van der Waals surface area contributed by atoms with Crippen LogP contribution in [0.4, 0.5) is 11.5 Å². The van der Waals surface area contributed by atoms with E-state index in [2.05, 4.69) is 10.3 Å². The Morgan fingerprint density at radius 2 is 1.92 bits per heavy atom. The summed E-state index contributed by atoms with van der Waals surface area (Å²) < 4.78 is 0. The molecule has 0 unspecified atom stereocenters. The van der Waals surface area contributed by atoms with E-state index in [0.29, 0.717) is 0 Å². The van der Waals surface area contributed by atoms with Gasteiger partial charge in [-0.3, -0.25) is 0 Å². The number of hydrogen-bond acceptors (Lipinski definition) is 3. The Morgan fingerprint density at radius 3 is 2.33 bits per heavy atom. The first-order valence-electron chi connectivity index (χ1n) is 4.15. The monoisotopic (exact) mass is 167 g/mol. The molecule has 3 N–H and O–H groups in total. The zero-order valence-electron chi connectivity index (χ0n) is 8.18. The normalized spacial score (nSPS) is 8.33. The topological polar surface area (TPSA) is 50.9 Å². The molecule has 1 rings (SSSR count). The first-order valence-corrected chi connectivity index (χ1v) is 4.15. The van der Waals surface area contributed by atoms with Crippen molar-refractivity contribution in [2.24, 2.45) is 0 Å². The van der Waals surface area contributed by atoms with E-state index in [1.165, 1.54) is 0 Å². The number of nitrogens with two attached hydrogens (primary N) is 1. The minimum atomic E-state index is 0.735. The van der Waals surface area contributed by atoms with E-state index in [0.717, 1.165) is 17.2 Å². The molecule has 0 saturated heterocycles. The minimum Gasteiger partial charge on any atom is -0.397 e. The van der Waals surface area contributed by atoms with E-state index in [1.807, 2.05) is 40.0 Å². The first-order chi connectivity index (χ1) is 5.74. The first kappa shape index (κ1) is 10.8. The molecule has 3 nitrogen and oxygen atoms in total. The second-order valence-corrected chi connectivity index (χ2v) is 2.12. The third kappa shape index (κ3) is 2.78. The van der Waals surface area contributed by atoms with Gasteiger partial charge in [-0.25, -0.2) is 4.98 Å². The molecule has 0 bridgehead atoms. The maximum Gasteiger partial charge on any atom is 0.126 e. The van der Waals surface area contributed by atoms with Gasteiger partial charge in [0.2, 0.25) is 0 Å². The lowest BCUT2D eigenvalue weighted by molar-refractivity contribution is 1.19. The smallest absolute Gasteiger partial charge is 0.126 e. The van der Waals surface area contributed by atoms with Gasteiger partial charge in [0, 0.05) is 7.05 Å². The molecule has 1 aromatic rings. The van der Waals surface area contributed by atoms with Gasteiger partial charge in [0.25, 0.3) is 0 Å². The van der Waals surface area contributed by atoms with Gasteiger partial charge >= 0.3 is 0 Å². The molecule has 0 amide bonds. The van der Waals surface area contributed by atoms with E-state index in [4.69, 9.17) is 5.73 Å². The van der Waals surface area contributed by atoms with Gasteiger partial charge in [0.05, 0.1) is 11.4 Å². The molecule has 0 radical (unpaired) electrons. The highest BCUT2D eigenvalue weighted by atomic mass is 15.0. The van der Waals surface area contributed by atoms with Crippen LogP contribution in [0.1, 0.15) is 19.5 Å². The van der Waals surface area contributed by atoms with Crippen molar-refractivity contribution in [3.63, 3.8) is 0 Å². The number of hydrogen-bond donors (Lipinski definition) is 2. The standard InChI is InChI=1S/C7H11N3.C2H6/c1-5-6(8)3-4-7(9-2)10-5;1-2/h3-4H,8H2,1-2H3,(H,9,10);1-2H3.